The van der Waals surface area contributed by atoms with Crippen molar-refractivity contribution < 1.29 is 5.11 Å². The molecular weight excluding hydrogens is 224 g/mol. The molecule has 0 bridgehead atoms. The van der Waals surface area contributed by atoms with E-state index in [-0.39, 0.29) is 6.61 Å². The van der Waals surface area contributed by atoms with E-state index in [2.05, 4.69) is 29.1 Å². The van der Waals surface area contributed by atoms with E-state index in [0.29, 0.717) is 16.6 Å². The molecule has 1 aliphatic rings. The van der Waals surface area contributed by atoms with Gasteiger partial charge in [-0.2, -0.15) is 5.10 Å². The van der Waals surface area contributed by atoms with E-state index >= 15 is 0 Å². The summed E-state index contributed by atoms with van der Waals surface area (Å²) in [6.07, 6.45) is 2.59. The zero-order valence-corrected chi connectivity index (χ0v) is 10.5. The largest absolute Gasteiger partial charge is 0.388 e. The van der Waals surface area contributed by atoms with Crippen LogP contribution in [-0.2, 0) is 13.2 Å². The molecule has 16 heavy (non-hydrogen) atoms. The Morgan fingerprint density at radius 3 is 2.94 bits per heavy atom. The number of aromatic amines is 1. The molecule has 1 fully saturated rings. The van der Waals surface area contributed by atoms with E-state index in [1.807, 2.05) is 4.57 Å². The third kappa shape index (κ3) is 2.34. The first-order valence-corrected chi connectivity index (χ1v) is 6.01. The highest BCUT2D eigenvalue weighted by atomic mass is 32.1. The highest BCUT2D eigenvalue weighted by molar-refractivity contribution is 7.71. The lowest BCUT2D eigenvalue weighted by Gasteiger charge is -2.24. The van der Waals surface area contributed by atoms with Gasteiger partial charge in [0.25, 0.3) is 0 Å². The number of H-pyrrole nitrogens is 1. The molecule has 90 valence electrons. The minimum absolute atomic E-state index is 0.0764. The first-order chi connectivity index (χ1) is 7.63. The van der Waals surface area contributed by atoms with Gasteiger partial charge in [0, 0.05) is 18.6 Å². The number of nitrogens with zero attached hydrogens (tertiary/aromatic N) is 3. The molecule has 0 saturated heterocycles. The van der Waals surface area contributed by atoms with Gasteiger partial charge in [-0.1, -0.05) is 0 Å². The third-order valence-corrected chi connectivity index (χ3v) is 3.56. The van der Waals surface area contributed by atoms with Crippen molar-refractivity contribution >= 4 is 12.2 Å². The van der Waals surface area contributed by atoms with E-state index in [9.17, 15) is 0 Å². The second-order valence-electron chi connectivity index (χ2n) is 4.46. The lowest BCUT2D eigenvalue weighted by atomic mass is 10.3. The maximum absolute atomic E-state index is 9.14. The molecule has 5 nitrogen and oxygen atoms in total. The van der Waals surface area contributed by atoms with Crippen LogP contribution in [0.3, 0.4) is 0 Å². The van der Waals surface area contributed by atoms with Gasteiger partial charge in [-0.15, -0.1) is 0 Å². The van der Waals surface area contributed by atoms with E-state index < -0.39 is 0 Å². The lowest BCUT2D eigenvalue weighted by Crippen LogP contribution is -2.34. The van der Waals surface area contributed by atoms with E-state index in [0.717, 1.165) is 12.6 Å². The van der Waals surface area contributed by atoms with Crippen molar-refractivity contribution in [3.63, 3.8) is 0 Å². The molecule has 1 heterocycles. The predicted molar refractivity (Wildman–Crippen MR) is 63.6 cm³/mol. The van der Waals surface area contributed by atoms with Crippen molar-refractivity contribution in [3.05, 3.63) is 10.6 Å². The zero-order chi connectivity index (χ0) is 11.7. The SMILES string of the molecule is CC(Cn1c(CO)n[nH]c1=S)N(C)C1CC1. The van der Waals surface area contributed by atoms with Crippen molar-refractivity contribution in [2.24, 2.45) is 0 Å². The van der Waals surface area contributed by atoms with Crippen LogP contribution in [0.15, 0.2) is 0 Å². The Hall–Kier alpha value is -0.720. The summed E-state index contributed by atoms with van der Waals surface area (Å²) in [7, 11) is 2.14. The molecule has 1 unspecified atom stereocenters. The minimum atomic E-state index is -0.0764. The van der Waals surface area contributed by atoms with Crippen molar-refractivity contribution in [2.75, 3.05) is 7.05 Å². The molecule has 0 aliphatic heterocycles. The summed E-state index contributed by atoms with van der Waals surface area (Å²) in [4.78, 5) is 2.37. The third-order valence-electron chi connectivity index (χ3n) is 3.24. The summed E-state index contributed by atoms with van der Waals surface area (Å²) in [5.41, 5.74) is 0. The number of likely N-dealkylation sites (N-methyl/N-ethyl adjacent to an activating group) is 1. The van der Waals surface area contributed by atoms with Crippen LogP contribution >= 0.6 is 12.2 Å². The molecule has 0 spiro atoms. The van der Waals surface area contributed by atoms with Crippen LogP contribution in [-0.4, -0.2) is 43.9 Å². The Labute approximate surface area is 100 Å². The van der Waals surface area contributed by atoms with Crippen LogP contribution in [0.25, 0.3) is 0 Å². The standard InChI is InChI=1S/C10H18N4OS/c1-7(13(2)8-3-4-8)5-14-9(6-15)11-12-10(14)16/h7-8,15H,3-6H2,1-2H3,(H,12,16). The van der Waals surface area contributed by atoms with E-state index in [1.165, 1.54) is 12.8 Å². The highest BCUT2D eigenvalue weighted by Gasteiger charge is 2.29. The molecule has 1 aromatic rings. The van der Waals surface area contributed by atoms with Crippen LogP contribution in [0, 0.1) is 4.77 Å². The molecule has 1 atom stereocenters. The topological polar surface area (TPSA) is 57.1 Å². The number of aliphatic hydroxyl groups is 1. The number of nitrogens with one attached hydrogen (secondary N) is 1. The van der Waals surface area contributed by atoms with Crippen LogP contribution in [0.2, 0.25) is 0 Å². The number of rotatable bonds is 5. The van der Waals surface area contributed by atoms with Gasteiger partial charge in [0.2, 0.25) is 0 Å². The van der Waals surface area contributed by atoms with E-state index in [4.69, 9.17) is 17.3 Å². The summed E-state index contributed by atoms with van der Waals surface area (Å²) in [6.45, 7) is 2.87. The Bertz CT molecular complexity index is 409. The molecule has 0 radical (unpaired) electrons. The first kappa shape index (κ1) is 11.8. The van der Waals surface area contributed by atoms with Gasteiger partial charge < -0.3 is 9.67 Å². The van der Waals surface area contributed by atoms with Gasteiger partial charge in [-0.25, -0.2) is 0 Å². The summed E-state index contributed by atoms with van der Waals surface area (Å²) < 4.78 is 2.46. The zero-order valence-electron chi connectivity index (χ0n) is 9.68. The van der Waals surface area contributed by atoms with Gasteiger partial charge in [0.15, 0.2) is 10.6 Å². The minimum Gasteiger partial charge on any atom is -0.388 e. The van der Waals surface area contributed by atoms with Gasteiger partial charge in [-0.05, 0) is 39.0 Å². The van der Waals surface area contributed by atoms with Gasteiger partial charge in [-0.3, -0.25) is 10.00 Å². The van der Waals surface area contributed by atoms with Crippen molar-refractivity contribution in [1.29, 1.82) is 0 Å². The molecule has 1 saturated carbocycles. The summed E-state index contributed by atoms with van der Waals surface area (Å²) in [5.74, 6) is 0.612. The average Bonchev–Trinajstić information content (AvgIpc) is 3.05. The average molecular weight is 242 g/mol. The Kier molecular flexibility index (Phi) is 3.41. The van der Waals surface area contributed by atoms with Crippen LogP contribution in [0.5, 0.6) is 0 Å². The molecule has 0 aromatic carbocycles. The van der Waals surface area contributed by atoms with Crippen molar-refractivity contribution in [3.8, 4) is 0 Å². The van der Waals surface area contributed by atoms with Crippen molar-refractivity contribution in [1.82, 2.24) is 19.7 Å². The fraction of sp³-hybridized carbons (Fsp3) is 0.800. The maximum atomic E-state index is 9.14. The molecule has 1 aromatic heterocycles. The molecule has 2 N–H and O–H groups in total. The summed E-state index contributed by atoms with van der Waals surface area (Å²) in [5, 5.41) is 15.8. The Morgan fingerprint density at radius 1 is 1.69 bits per heavy atom. The molecular formula is C10H18N4OS. The first-order valence-electron chi connectivity index (χ1n) is 5.60. The van der Waals surface area contributed by atoms with Gasteiger partial charge in [0.05, 0.1) is 0 Å². The fourth-order valence-electron chi connectivity index (χ4n) is 1.89. The fourth-order valence-corrected chi connectivity index (χ4v) is 2.12. The molecule has 1 aliphatic carbocycles. The van der Waals surface area contributed by atoms with Crippen LogP contribution < -0.4 is 0 Å². The number of hydrogen-bond acceptors (Lipinski definition) is 4. The summed E-state index contributed by atoms with van der Waals surface area (Å²) >= 11 is 5.14. The highest BCUT2D eigenvalue weighted by Crippen LogP contribution is 2.27. The second kappa shape index (κ2) is 4.65. The monoisotopic (exact) mass is 242 g/mol. The molecule has 2 rings (SSSR count). The van der Waals surface area contributed by atoms with Crippen molar-refractivity contribution in [2.45, 2.75) is 45.0 Å². The maximum Gasteiger partial charge on any atom is 0.195 e. The second-order valence-corrected chi connectivity index (χ2v) is 4.85. The lowest BCUT2D eigenvalue weighted by molar-refractivity contribution is 0.214. The van der Waals surface area contributed by atoms with Crippen LogP contribution in [0.4, 0.5) is 0 Å². The quantitative estimate of drug-likeness (QED) is 0.754. The normalized spacial score (nSPS) is 18.0. The molecule has 0 amide bonds. The van der Waals surface area contributed by atoms with E-state index in [1.54, 1.807) is 0 Å². The number of hydrogen-bond donors (Lipinski definition) is 2. The summed E-state index contributed by atoms with van der Waals surface area (Å²) in [6, 6.07) is 1.13. The number of aliphatic hydroxyl groups excluding tert-OH is 1. The smallest absolute Gasteiger partial charge is 0.195 e. The Balaban J connectivity index is 2.07. The number of aromatic nitrogens is 3. The van der Waals surface area contributed by atoms with Gasteiger partial charge >= 0.3 is 0 Å². The van der Waals surface area contributed by atoms with Crippen LogP contribution in [0.1, 0.15) is 25.6 Å². The molecule has 6 heteroatoms. The predicted octanol–water partition coefficient (Wildman–Crippen LogP) is 0.916. The Morgan fingerprint density at radius 2 is 2.38 bits per heavy atom. The van der Waals surface area contributed by atoms with Gasteiger partial charge in [0.1, 0.15) is 6.61 Å².